The standard InChI is InChI=1S/C17H29BN2O4/c1-3-7-21-9-11-23-13-14-24-12-10-22-8-6-20-5-4-17(15-20)18(2)16-19/h1,17H,4-15H2,2H3. The maximum atomic E-state index is 8.95. The van der Waals surface area contributed by atoms with Crippen molar-refractivity contribution in [1.29, 1.82) is 5.26 Å². The average Bonchev–Trinajstić information content (AvgIpc) is 3.07. The molecule has 7 heteroatoms. The molecule has 0 bridgehead atoms. The molecule has 1 aliphatic rings. The number of ether oxygens (including phenoxy) is 4. The van der Waals surface area contributed by atoms with Gasteiger partial charge in [-0.05, 0) is 25.3 Å². The molecule has 0 aromatic heterocycles. The molecule has 134 valence electrons. The summed E-state index contributed by atoms with van der Waals surface area (Å²) in [5, 5.41) is 8.95. The molecule has 24 heavy (non-hydrogen) atoms. The Morgan fingerprint density at radius 2 is 1.62 bits per heavy atom. The van der Waals surface area contributed by atoms with Gasteiger partial charge in [-0.15, -0.1) is 6.42 Å². The lowest BCUT2D eigenvalue weighted by Crippen LogP contribution is -2.27. The van der Waals surface area contributed by atoms with E-state index in [-0.39, 0.29) is 6.71 Å². The summed E-state index contributed by atoms with van der Waals surface area (Å²) in [7, 11) is 0. The Balaban J connectivity index is 1.80. The zero-order chi connectivity index (χ0) is 17.5. The van der Waals surface area contributed by atoms with Gasteiger partial charge in [0.25, 0.3) is 6.71 Å². The highest BCUT2D eigenvalue weighted by Crippen LogP contribution is 2.24. The van der Waals surface area contributed by atoms with Gasteiger partial charge < -0.3 is 23.8 Å². The molecule has 1 fully saturated rings. The second-order valence-electron chi connectivity index (χ2n) is 5.86. The largest absolute Gasteiger partial charge is 0.378 e. The van der Waals surface area contributed by atoms with Crippen molar-refractivity contribution in [2.45, 2.75) is 19.1 Å². The molecule has 0 aromatic rings. The first-order valence-electron chi connectivity index (χ1n) is 8.64. The summed E-state index contributed by atoms with van der Waals surface area (Å²) >= 11 is 0. The topological polar surface area (TPSA) is 64.0 Å². The lowest BCUT2D eigenvalue weighted by Gasteiger charge is -2.16. The summed E-state index contributed by atoms with van der Waals surface area (Å²) in [5.41, 5.74) is 0. The summed E-state index contributed by atoms with van der Waals surface area (Å²) < 4.78 is 21.4. The van der Waals surface area contributed by atoms with Gasteiger partial charge in [0.1, 0.15) is 6.61 Å². The number of nitrogens with zero attached hydrogens (tertiary/aromatic N) is 2. The molecule has 0 aliphatic carbocycles. The highest BCUT2D eigenvalue weighted by atomic mass is 16.6. The maximum absolute atomic E-state index is 8.95. The monoisotopic (exact) mass is 336 g/mol. The lowest BCUT2D eigenvalue weighted by molar-refractivity contribution is -0.000512. The zero-order valence-corrected chi connectivity index (χ0v) is 14.7. The van der Waals surface area contributed by atoms with Gasteiger partial charge in [0.2, 0.25) is 0 Å². The minimum Gasteiger partial charge on any atom is -0.378 e. The number of hydrogen-bond donors (Lipinski definition) is 0. The Labute approximate surface area is 146 Å². The van der Waals surface area contributed by atoms with Crippen LogP contribution in [0.15, 0.2) is 0 Å². The molecule has 0 amide bonds. The molecular formula is C17H29BN2O4. The Kier molecular flexibility index (Phi) is 12.5. The minimum absolute atomic E-state index is 0.149. The van der Waals surface area contributed by atoms with Crippen LogP contribution in [-0.2, 0) is 18.9 Å². The number of nitriles is 1. The SMILES string of the molecule is C#CCOCCOCCOCCOCCN1CCC(B(C)C#N)C1. The predicted octanol–water partition coefficient (Wildman–Crippen LogP) is 0.949. The Hall–Kier alpha value is -1.09. The third-order valence-electron chi connectivity index (χ3n) is 4.07. The van der Waals surface area contributed by atoms with Gasteiger partial charge in [-0.1, -0.05) is 12.7 Å². The Morgan fingerprint density at radius 1 is 1.04 bits per heavy atom. The first-order chi connectivity index (χ1) is 11.8. The van der Waals surface area contributed by atoms with Gasteiger partial charge in [0.05, 0.1) is 46.2 Å². The highest BCUT2D eigenvalue weighted by Gasteiger charge is 2.29. The van der Waals surface area contributed by atoms with E-state index in [1.54, 1.807) is 0 Å². The van der Waals surface area contributed by atoms with Crippen molar-refractivity contribution in [3.05, 3.63) is 0 Å². The quantitative estimate of drug-likeness (QED) is 0.267. The van der Waals surface area contributed by atoms with Crippen LogP contribution in [0.25, 0.3) is 0 Å². The van der Waals surface area contributed by atoms with Crippen molar-refractivity contribution < 1.29 is 18.9 Å². The fourth-order valence-corrected chi connectivity index (χ4v) is 2.56. The molecule has 0 spiro atoms. The molecule has 0 radical (unpaired) electrons. The molecule has 0 aromatic carbocycles. The highest BCUT2D eigenvalue weighted by molar-refractivity contribution is 6.67. The first kappa shape index (κ1) is 21.0. The van der Waals surface area contributed by atoms with Crippen molar-refractivity contribution in [1.82, 2.24) is 4.90 Å². The van der Waals surface area contributed by atoms with E-state index in [0.717, 1.165) is 26.1 Å². The fourth-order valence-electron chi connectivity index (χ4n) is 2.56. The average molecular weight is 336 g/mol. The summed E-state index contributed by atoms with van der Waals surface area (Å²) in [6, 6.07) is 0. The molecule has 0 N–H and O–H groups in total. The Morgan fingerprint density at radius 3 is 2.21 bits per heavy atom. The van der Waals surface area contributed by atoms with Crippen molar-refractivity contribution in [3.63, 3.8) is 0 Å². The van der Waals surface area contributed by atoms with E-state index in [1.807, 2.05) is 6.82 Å². The second kappa shape index (κ2) is 14.3. The summed E-state index contributed by atoms with van der Waals surface area (Å²) in [5.74, 6) is 5.25. The smallest absolute Gasteiger partial charge is 0.269 e. The molecule has 1 rings (SSSR count). The number of rotatable bonds is 14. The summed E-state index contributed by atoms with van der Waals surface area (Å²) in [6.45, 7) is 9.51. The van der Waals surface area contributed by atoms with Crippen LogP contribution in [0.2, 0.25) is 12.6 Å². The van der Waals surface area contributed by atoms with Gasteiger partial charge in [-0.2, -0.15) is 0 Å². The van der Waals surface area contributed by atoms with E-state index in [1.165, 1.54) is 0 Å². The Bertz CT molecular complexity index is 397. The van der Waals surface area contributed by atoms with Crippen molar-refractivity contribution >= 4 is 6.71 Å². The van der Waals surface area contributed by atoms with Crippen LogP contribution in [0.4, 0.5) is 0 Å². The van der Waals surface area contributed by atoms with Crippen LogP contribution in [0.3, 0.4) is 0 Å². The van der Waals surface area contributed by atoms with E-state index in [9.17, 15) is 0 Å². The van der Waals surface area contributed by atoms with Crippen LogP contribution >= 0.6 is 0 Å². The maximum Gasteiger partial charge on any atom is 0.269 e. The fraction of sp³-hybridized carbons (Fsp3) is 0.824. The van der Waals surface area contributed by atoms with Crippen LogP contribution < -0.4 is 0 Å². The van der Waals surface area contributed by atoms with Gasteiger partial charge in [-0.3, -0.25) is 0 Å². The van der Waals surface area contributed by atoms with E-state index in [2.05, 4.69) is 16.8 Å². The van der Waals surface area contributed by atoms with E-state index >= 15 is 0 Å². The molecule has 1 unspecified atom stereocenters. The zero-order valence-electron chi connectivity index (χ0n) is 14.7. The van der Waals surface area contributed by atoms with Crippen molar-refractivity contribution in [2.75, 3.05) is 72.5 Å². The van der Waals surface area contributed by atoms with Gasteiger partial charge >= 0.3 is 0 Å². The van der Waals surface area contributed by atoms with E-state index < -0.39 is 0 Å². The molecule has 1 aliphatic heterocycles. The summed E-state index contributed by atoms with van der Waals surface area (Å²) in [4.78, 5) is 2.37. The number of hydrogen-bond acceptors (Lipinski definition) is 6. The van der Waals surface area contributed by atoms with Crippen molar-refractivity contribution in [2.24, 2.45) is 0 Å². The van der Waals surface area contributed by atoms with Crippen LogP contribution in [0.5, 0.6) is 0 Å². The first-order valence-corrected chi connectivity index (χ1v) is 8.64. The van der Waals surface area contributed by atoms with Gasteiger partial charge in [-0.25, -0.2) is 5.26 Å². The third kappa shape index (κ3) is 9.92. The molecular weight excluding hydrogens is 307 g/mol. The third-order valence-corrected chi connectivity index (χ3v) is 4.07. The molecule has 1 atom stereocenters. The molecule has 1 heterocycles. The predicted molar refractivity (Wildman–Crippen MR) is 94.1 cm³/mol. The second-order valence-corrected chi connectivity index (χ2v) is 5.86. The lowest BCUT2D eigenvalue weighted by atomic mass is 9.44. The number of likely N-dealkylation sites (tertiary alicyclic amines) is 1. The molecule has 0 saturated carbocycles. The van der Waals surface area contributed by atoms with E-state index in [4.69, 9.17) is 30.6 Å². The van der Waals surface area contributed by atoms with Crippen molar-refractivity contribution in [3.8, 4) is 18.3 Å². The normalized spacial score (nSPS) is 17.5. The van der Waals surface area contributed by atoms with Crippen LogP contribution in [0.1, 0.15) is 6.42 Å². The van der Waals surface area contributed by atoms with E-state index in [0.29, 0.717) is 58.7 Å². The number of terminal acetylenes is 1. The van der Waals surface area contributed by atoms with Gasteiger partial charge in [0, 0.05) is 12.5 Å². The van der Waals surface area contributed by atoms with Crippen LogP contribution in [0, 0.1) is 23.6 Å². The van der Waals surface area contributed by atoms with Crippen LogP contribution in [-0.4, -0.2) is 84.1 Å². The summed E-state index contributed by atoms with van der Waals surface area (Å²) in [6.07, 6.45) is 6.17. The molecule has 1 saturated heterocycles. The molecule has 6 nitrogen and oxygen atoms in total. The van der Waals surface area contributed by atoms with Gasteiger partial charge in [0.15, 0.2) is 0 Å². The minimum atomic E-state index is 0.149.